The highest BCUT2D eigenvalue weighted by Gasteiger charge is 2.05. The minimum absolute atomic E-state index is 0.306. The number of halogens is 1. The van der Waals surface area contributed by atoms with Crippen LogP contribution in [0.2, 0.25) is 5.15 Å². The van der Waals surface area contributed by atoms with E-state index >= 15 is 0 Å². The zero-order valence-electron chi connectivity index (χ0n) is 6.53. The molecule has 1 heterocycles. The van der Waals surface area contributed by atoms with E-state index in [0.29, 0.717) is 11.0 Å². The Morgan fingerprint density at radius 3 is 2.54 bits per heavy atom. The summed E-state index contributed by atoms with van der Waals surface area (Å²) in [7, 11) is 0. The Bertz CT molecular complexity index is 446. The molecule has 0 bridgehead atoms. The van der Waals surface area contributed by atoms with Crippen LogP contribution in [-0.2, 0) is 0 Å². The van der Waals surface area contributed by atoms with Gasteiger partial charge >= 0.3 is 0 Å². The third-order valence-corrected chi connectivity index (χ3v) is 2.03. The van der Waals surface area contributed by atoms with Gasteiger partial charge in [-0.1, -0.05) is 35.9 Å². The van der Waals surface area contributed by atoms with Crippen molar-refractivity contribution in [2.75, 3.05) is 5.48 Å². The lowest BCUT2D eigenvalue weighted by molar-refractivity contribution is 0.386. The zero-order valence-corrected chi connectivity index (χ0v) is 7.28. The van der Waals surface area contributed by atoms with E-state index in [9.17, 15) is 0 Å². The van der Waals surface area contributed by atoms with Crippen LogP contribution in [0.4, 0.5) is 5.82 Å². The quantitative estimate of drug-likeness (QED) is 0.684. The van der Waals surface area contributed by atoms with Crippen molar-refractivity contribution in [3.63, 3.8) is 0 Å². The second kappa shape index (κ2) is 3.16. The van der Waals surface area contributed by atoms with E-state index in [2.05, 4.69) is 10.2 Å². The molecule has 2 rings (SSSR count). The number of nitrogens with zero attached hydrogens (tertiary/aromatic N) is 2. The Labute approximate surface area is 79.1 Å². The van der Waals surface area contributed by atoms with Gasteiger partial charge < -0.3 is 0 Å². The summed E-state index contributed by atoms with van der Waals surface area (Å²) in [5.41, 5.74) is 1.96. The van der Waals surface area contributed by atoms with Crippen LogP contribution < -0.4 is 5.48 Å². The molecule has 0 fully saturated rings. The van der Waals surface area contributed by atoms with E-state index in [4.69, 9.17) is 16.8 Å². The van der Waals surface area contributed by atoms with Gasteiger partial charge in [0.05, 0.1) is 0 Å². The Balaban J connectivity index is 2.84. The highest BCUT2D eigenvalue weighted by Crippen LogP contribution is 2.24. The molecule has 0 aliphatic carbocycles. The summed E-state index contributed by atoms with van der Waals surface area (Å²) < 4.78 is 0. The van der Waals surface area contributed by atoms with Crippen LogP contribution in [0.1, 0.15) is 0 Å². The average Bonchev–Trinajstić information content (AvgIpc) is 2.19. The Hall–Kier alpha value is -1.39. The van der Waals surface area contributed by atoms with E-state index < -0.39 is 0 Å². The molecule has 2 N–H and O–H groups in total. The standard InChI is InChI=1S/C8H6ClN3O/c9-7-5-3-1-2-4-6(5)8(12-13)11-10-7/h1-4,13H,(H,11,12). The minimum Gasteiger partial charge on any atom is -0.290 e. The van der Waals surface area contributed by atoms with Crippen LogP contribution in [-0.4, -0.2) is 15.4 Å². The lowest BCUT2D eigenvalue weighted by atomic mass is 10.2. The molecule has 0 aliphatic heterocycles. The third-order valence-electron chi connectivity index (χ3n) is 1.75. The second-order valence-electron chi connectivity index (χ2n) is 2.50. The maximum atomic E-state index is 8.73. The van der Waals surface area contributed by atoms with Crippen molar-refractivity contribution in [1.29, 1.82) is 0 Å². The van der Waals surface area contributed by atoms with E-state index in [-0.39, 0.29) is 0 Å². The summed E-state index contributed by atoms with van der Waals surface area (Å²) in [6.45, 7) is 0. The van der Waals surface area contributed by atoms with E-state index in [1.54, 1.807) is 6.07 Å². The van der Waals surface area contributed by atoms with Crippen LogP contribution in [0.25, 0.3) is 10.8 Å². The van der Waals surface area contributed by atoms with Gasteiger partial charge in [0.2, 0.25) is 0 Å². The van der Waals surface area contributed by atoms with Crippen molar-refractivity contribution in [2.24, 2.45) is 0 Å². The maximum Gasteiger partial charge on any atom is 0.180 e. The first-order valence-electron chi connectivity index (χ1n) is 3.64. The summed E-state index contributed by atoms with van der Waals surface area (Å²) in [5.74, 6) is 0.306. The van der Waals surface area contributed by atoms with Crippen LogP contribution >= 0.6 is 11.6 Å². The number of benzene rings is 1. The first kappa shape index (κ1) is 8.22. The summed E-state index contributed by atoms with van der Waals surface area (Å²) in [6, 6.07) is 7.29. The minimum atomic E-state index is 0.306. The molecule has 5 heteroatoms. The van der Waals surface area contributed by atoms with Gasteiger partial charge in [-0.15, -0.1) is 10.2 Å². The number of nitrogens with one attached hydrogen (secondary N) is 1. The van der Waals surface area contributed by atoms with Gasteiger partial charge in [0.1, 0.15) is 0 Å². The fraction of sp³-hybridized carbons (Fsp3) is 0. The highest BCUT2D eigenvalue weighted by atomic mass is 35.5. The van der Waals surface area contributed by atoms with Crippen molar-refractivity contribution in [3.8, 4) is 0 Å². The van der Waals surface area contributed by atoms with Crippen molar-refractivity contribution >= 4 is 28.2 Å². The molecule has 0 atom stereocenters. The van der Waals surface area contributed by atoms with Crippen molar-refractivity contribution in [3.05, 3.63) is 29.4 Å². The number of hydrogen-bond acceptors (Lipinski definition) is 4. The zero-order chi connectivity index (χ0) is 9.26. The van der Waals surface area contributed by atoms with Crippen LogP contribution in [0.15, 0.2) is 24.3 Å². The topological polar surface area (TPSA) is 58.0 Å². The lowest BCUT2D eigenvalue weighted by Gasteiger charge is -2.02. The molecule has 0 radical (unpaired) electrons. The maximum absolute atomic E-state index is 8.73. The predicted molar refractivity (Wildman–Crippen MR) is 50.0 cm³/mol. The first-order valence-corrected chi connectivity index (χ1v) is 4.02. The summed E-state index contributed by atoms with van der Waals surface area (Å²) in [5, 5.41) is 17.9. The summed E-state index contributed by atoms with van der Waals surface area (Å²) in [6.07, 6.45) is 0. The molecule has 0 saturated heterocycles. The molecule has 4 nitrogen and oxygen atoms in total. The average molecular weight is 196 g/mol. The molecule has 66 valence electrons. The van der Waals surface area contributed by atoms with E-state index in [1.165, 1.54) is 0 Å². The third kappa shape index (κ3) is 1.30. The van der Waals surface area contributed by atoms with Crippen LogP contribution in [0.3, 0.4) is 0 Å². The molecule has 0 spiro atoms. The normalized spacial score (nSPS) is 10.3. The molecule has 1 aromatic heterocycles. The highest BCUT2D eigenvalue weighted by molar-refractivity contribution is 6.34. The molecule has 0 amide bonds. The SMILES string of the molecule is ONc1nnc(Cl)c2ccccc12. The van der Waals surface area contributed by atoms with Crippen molar-refractivity contribution in [2.45, 2.75) is 0 Å². The predicted octanol–water partition coefficient (Wildman–Crippen LogP) is 2.08. The molecule has 2 aromatic rings. The summed E-state index contributed by atoms with van der Waals surface area (Å²) in [4.78, 5) is 0. The fourth-order valence-electron chi connectivity index (χ4n) is 1.15. The lowest BCUT2D eigenvalue weighted by Crippen LogP contribution is -1.96. The van der Waals surface area contributed by atoms with Gasteiger partial charge in [-0.05, 0) is 0 Å². The van der Waals surface area contributed by atoms with Crippen molar-refractivity contribution < 1.29 is 5.21 Å². The molecule has 0 saturated carbocycles. The van der Waals surface area contributed by atoms with Gasteiger partial charge in [0.25, 0.3) is 0 Å². The van der Waals surface area contributed by atoms with Gasteiger partial charge in [0.15, 0.2) is 11.0 Å². The van der Waals surface area contributed by atoms with Gasteiger partial charge in [-0.2, -0.15) is 0 Å². The van der Waals surface area contributed by atoms with Crippen LogP contribution in [0.5, 0.6) is 0 Å². The fourth-order valence-corrected chi connectivity index (χ4v) is 1.36. The number of anilines is 1. The van der Waals surface area contributed by atoms with E-state index in [1.807, 2.05) is 23.7 Å². The first-order chi connectivity index (χ1) is 6.33. The van der Waals surface area contributed by atoms with Crippen molar-refractivity contribution in [1.82, 2.24) is 10.2 Å². The molecular formula is C8H6ClN3O. The second-order valence-corrected chi connectivity index (χ2v) is 2.85. The molecule has 1 aromatic carbocycles. The Morgan fingerprint density at radius 1 is 1.15 bits per heavy atom. The number of aromatic nitrogens is 2. The van der Waals surface area contributed by atoms with Gasteiger partial charge in [0, 0.05) is 10.8 Å². The monoisotopic (exact) mass is 195 g/mol. The Kier molecular flexibility index (Phi) is 2.00. The van der Waals surface area contributed by atoms with Gasteiger partial charge in [-0.25, -0.2) is 0 Å². The molecule has 13 heavy (non-hydrogen) atoms. The Morgan fingerprint density at radius 2 is 1.85 bits per heavy atom. The number of fused-ring (bicyclic) bond motifs is 1. The van der Waals surface area contributed by atoms with E-state index in [0.717, 1.165) is 10.8 Å². The smallest absolute Gasteiger partial charge is 0.180 e. The molecule has 0 unspecified atom stereocenters. The summed E-state index contributed by atoms with van der Waals surface area (Å²) >= 11 is 5.80. The number of rotatable bonds is 1. The number of hydrogen-bond donors (Lipinski definition) is 2. The molecule has 0 aliphatic rings. The van der Waals surface area contributed by atoms with Crippen LogP contribution in [0, 0.1) is 0 Å². The largest absolute Gasteiger partial charge is 0.290 e. The molecular weight excluding hydrogens is 190 g/mol. The van der Waals surface area contributed by atoms with Gasteiger partial charge in [-0.3, -0.25) is 10.7 Å².